The third kappa shape index (κ3) is 6.57. The van der Waals surface area contributed by atoms with E-state index in [0.29, 0.717) is 49.6 Å². The lowest BCUT2D eigenvalue weighted by Gasteiger charge is -2.34. The number of carbonyl (C=O) groups excluding carboxylic acids is 2. The molecule has 2 heterocycles. The van der Waals surface area contributed by atoms with Gasteiger partial charge >= 0.3 is 5.97 Å². The van der Waals surface area contributed by atoms with Gasteiger partial charge in [-0.25, -0.2) is 13.1 Å². The minimum Gasteiger partial charge on any atom is -0.486 e. The minimum atomic E-state index is -3.74. The highest BCUT2D eigenvalue weighted by atomic mass is 32.2. The van der Waals surface area contributed by atoms with E-state index in [2.05, 4.69) is 18.6 Å². The van der Waals surface area contributed by atoms with Crippen LogP contribution in [0.1, 0.15) is 33.1 Å². The van der Waals surface area contributed by atoms with Crippen LogP contribution >= 0.6 is 0 Å². The SMILES string of the molecule is CC1CC(C)CN(C(=O)COC(=O)CCCNS(=O)(=O)c2ccc3c(c2)OCCO3)C1. The molecule has 10 heteroatoms. The van der Waals surface area contributed by atoms with Crippen molar-refractivity contribution in [2.75, 3.05) is 39.5 Å². The van der Waals surface area contributed by atoms with Crippen LogP contribution in [-0.2, 0) is 24.3 Å². The summed E-state index contributed by atoms with van der Waals surface area (Å²) < 4.78 is 43.2. The Labute approximate surface area is 183 Å². The summed E-state index contributed by atoms with van der Waals surface area (Å²) in [5, 5.41) is 0. The van der Waals surface area contributed by atoms with Crippen molar-refractivity contribution in [2.45, 2.75) is 38.0 Å². The average molecular weight is 455 g/mol. The fraction of sp³-hybridized carbons (Fsp3) is 0.619. The Bertz CT molecular complexity index is 893. The molecule has 31 heavy (non-hydrogen) atoms. The number of nitrogens with one attached hydrogen (secondary N) is 1. The van der Waals surface area contributed by atoms with E-state index < -0.39 is 16.0 Å². The summed E-state index contributed by atoms with van der Waals surface area (Å²) >= 11 is 0. The zero-order chi connectivity index (χ0) is 22.4. The topological polar surface area (TPSA) is 111 Å². The maximum absolute atomic E-state index is 12.4. The van der Waals surface area contributed by atoms with Crippen LogP contribution in [0.5, 0.6) is 11.5 Å². The molecule has 1 amide bonds. The molecule has 1 aromatic rings. The fourth-order valence-electron chi connectivity index (χ4n) is 3.89. The molecule has 0 aliphatic carbocycles. The predicted molar refractivity (Wildman–Crippen MR) is 112 cm³/mol. The van der Waals surface area contributed by atoms with Crippen LogP contribution in [0.2, 0.25) is 0 Å². The fourth-order valence-corrected chi connectivity index (χ4v) is 4.97. The smallest absolute Gasteiger partial charge is 0.306 e. The highest BCUT2D eigenvalue weighted by Crippen LogP contribution is 2.32. The van der Waals surface area contributed by atoms with Crippen LogP contribution in [0.25, 0.3) is 0 Å². The summed E-state index contributed by atoms with van der Waals surface area (Å²) in [6, 6.07) is 4.41. The Hall–Kier alpha value is -2.33. The van der Waals surface area contributed by atoms with E-state index >= 15 is 0 Å². The monoisotopic (exact) mass is 454 g/mol. The number of piperidine rings is 1. The van der Waals surface area contributed by atoms with Gasteiger partial charge in [-0.05, 0) is 36.8 Å². The molecule has 0 aromatic heterocycles. The number of likely N-dealkylation sites (tertiary alicyclic amines) is 1. The zero-order valence-electron chi connectivity index (χ0n) is 18.0. The van der Waals surface area contributed by atoms with Crippen LogP contribution in [0.4, 0.5) is 0 Å². The maximum atomic E-state index is 12.4. The number of esters is 1. The molecule has 2 unspecified atom stereocenters. The number of nitrogens with zero attached hydrogens (tertiary/aromatic N) is 1. The number of sulfonamides is 1. The molecule has 0 spiro atoms. The largest absolute Gasteiger partial charge is 0.486 e. The second kappa shape index (κ2) is 10.3. The Morgan fingerprint density at radius 2 is 1.81 bits per heavy atom. The van der Waals surface area contributed by atoms with Gasteiger partial charge in [0.15, 0.2) is 18.1 Å². The quantitative estimate of drug-likeness (QED) is 0.469. The Morgan fingerprint density at radius 1 is 1.13 bits per heavy atom. The number of ether oxygens (including phenoxy) is 3. The van der Waals surface area contributed by atoms with E-state index in [-0.39, 0.29) is 36.8 Å². The summed E-state index contributed by atoms with van der Waals surface area (Å²) in [5.74, 6) is 1.06. The molecule has 1 saturated heterocycles. The van der Waals surface area contributed by atoms with Crippen LogP contribution in [0, 0.1) is 11.8 Å². The second-order valence-electron chi connectivity index (χ2n) is 8.21. The second-order valence-corrected chi connectivity index (χ2v) is 9.98. The molecule has 1 aromatic carbocycles. The lowest BCUT2D eigenvalue weighted by molar-refractivity contribution is -0.153. The first kappa shape index (κ1) is 23.3. The maximum Gasteiger partial charge on any atom is 0.306 e. The number of carbonyl (C=O) groups is 2. The van der Waals surface area contributed by atoms with Gasteiger partial charge < -0.3 is 19.1 Å². The number of hydrogen-bond donors (Lipinski definition) is 1. The summed E-state index contributed by atoms with van der Waals surface area (Å²) in [7, 11) is -3.74. The van der Waals surface area contributed by atoms with E-state index in [4.69, 9.17) is 14.2 Å². The molecular weight excluding hydrogens is 424 g/mol. The molecule has 2 aliphatic heterocycles. The lowest BCUT2D eigenvalue weighted by atomic mass is 9.92. The Morgan fingerprint density at radius 3 is 2.52 bits per heavy atom. The van der Waals surface area contributed by atoms with E-state index in [1.807, 2.05) is 0 Å². The number of fused-ring (bicyclic) bond motifs is 1. The summed E-state index contributed by atoms with van der Waals surface area (Å²) in [6.45, 7) is 6.16. The summed E-state index contributed by atoms with van der Waals surface area (Å²) in [5.41, 5.74) is 0. The first-order chi connectivity index (χ1) is 14.7. The van der Waals surface area contributed by atoms with Crippen molar-refractivity contribution in [1.29, 1.82) is 0 Å². The van der Waals surface area contributed by atoms with Crippen molar-refractivity contribution in [3.8, 4) is 11.5 Å². The molecule has 9 nitrogen and oxygen atoms in total. The Kier molecular flexibility index (Phi) is 7.77. The van der Waals surface area contributed by atoms with Gasteiger partial charge in [0.1, 0.15) is 13.2 Å². The average Bonchev–Trinajstić information content (AvgIpc) is 2.74. The number of benzene rings is 1. The highest BCUT2D eigenvalue weighted by molar-refractivity contribution is 7.89. The van der Waals surface area contributed by atoms with Crippen molar-refractivity contribution in [3.05, 3.63) is 18.2 Å². The Balaban J connectivity index is 1.38. The molecule has 0 bridgehead atoms. The van der Waals surface area contributed by atoms with Gasteiger partial charge in [-0.3, -0.25) is 9.59 Å². The molecule has 2 atom stereocenters. The van der Waals surface area contributed by atoms with Gasteiger partial charge in [-0.15, -0.1) is 0 Å². The highest BCUT2D eigenvalue weighted by Gasteiger charge is 2.26. The van der Waals surface area contributed by atoms with Gasteiger partial charge in [0.05, 0.1) is 4.90 Å². The van der Waals surface area contributed by atoms with Crippen LogP contribution in [-0.4, -0.2) is 64.6 Å². The van der Waals surface area contributed by atoms with Crippen molar-refractivity contribution in [1.82, 2.24) is 9.62 Å². The van der Waals surface area contributed by atoms with E-state index in [0.717, 1.165) is 6.42 Å². The van der Waals surface area contributed by atoms with E-state index in [9.17, 15) is 18.0 Å². The summed E-state index contributed by atoms with van der Waals surface area (Å²) in [4.78, 5) is 26.0. The zero-order valence-corrected chi connectivity index (χ0v) is 18.8. The molecule has 2 aliphatic rings. The van der Waals surface area contributed by atoms with Gasteiger partial charge in [0.25, 0.3) is 5.91 Å². The molecular formula is C21H30N2O7S. The third-order valence-electron chi connectivity index (χ3n) is 5.25. The van der Waals surface area contributed by atoms with Crippen molar-refractivity contribution < 1.29 is 32.2 Å². The van der Waals surface area contributed by atoms with Crippen molar-refractivity contribution in [2.24, 2.45) is 11.8 Å². The lowest BCUT2D eigenvalue weighted by Crippen LogP contribution is -2.44. The van der Waals surface area contributed by atoms with Crippen LogP contribution < -0.4 is 14.2 Å². The molecule has 0 radical (unpaired) electrons. The van der Waals surface area contributed by atoms with Crippen LogP contribution in [0.3, 0.4) is 0 Å². The molecule has 0 saturated carbocycles. The van der Waals surface area contributed by atoms with Crippen LogP contribution in [0.15, 0.2) is 23.1 Å². The number of amides is 1. The number of rotatable bonds is 8. The number of hydrogen-bond acceptors (Lipinski definition) is 7. The van der Waals surface area contributed by atoms with E-state index in [1.165, 1.54) is 12.1 Å². The predicted octanol–water partition coefficient (Wildman–Crippen LogP) is 1.56. The van der Waals surface area contributed by atoms with Crippen molar-refractivity contribution in [3.63, 3.8) is 0 Å². The van der Waals surface area contributed by atoms with Gasteiger partial charge in [-0.2, -0.15) is 0 Å². The molecule has 172 valence electrons. The third-order valence-corrected chi connectivity index (χ3v) is 6.71. The van der Waals surface area contributed by atoms with Gasteiger partial charge in [-0.1, -0.05) is 13.8 Å². The molecule has 3 rings (SSSR count). The van der Waals surface area contributed by atoms with E-state index in [1.54, 1.807) is 11.0 Å². The first-order valence-electron chi connectivity index (χ1n) is 10.6. The van der Waals surface area contributed by atoms with Gasteiger partial charge in [0.2, 0.25) is 10.0 Å². The normalized spacial score (nSPS) is 20.9. The summed E-state index contributed by atoms with van der Waals surface area (Å²) in [6.07, 6.45) is 1.37. The molecule has 1 N–H and O–H groups in total. The standard InChI is InChI=1S/C21H30N2O7S/c1-15-10-16(2)13-23(12-15)20(24)14-30-21(25)4-3-7-22-31(26,27)17-5-6-18-19(11-17)29-9-8-28-18/h5-6,11,15-16,22H,3-4,7-10,12-14H2,1-2H3. The van der Waals surface area contributed by atoms with Gasteiger partial charge in [0, 0.05) is 32.1 Å². The molecule has 1 fully saturated rings. The minimum absolute atomic E-state index is 0.0176. The first-order valence-corrected chi connectivity index (χ1v) is 12.1. The van der Waals surface area contributed by atoms with Crippen molar-refractivity contribution >= 4 is 21.9 Å².